The number of aryl methyl sites for hydroxylation is 1. The Hall–Kier alpha value is -1.58. The first-order valence-corrected chi connectivity index (χ1v) is 7.53. The monoisotopic (exact) mass is 349 g/mol. The Morgan fingerprint density at radius 2 is 2.12 bits per heavy atom. The zero-order valence-corrected chi connectivity index (χ0v) is 13.9. The van der Waals surface area contributed by atoms with Gasteiger partial charge in [-0.3, -0.25) is 9.69 Å². The minimum absolute atomic E-state index is 0.0185. The molecule has 1 aliphatic rings. The van der Waals surface area contributed by atoms with Crippen LogP contribution in [0.25, 0.3) is 0 Å². The van der Waals surface area contributed by atoms with Crippen molar-refractivity contribution in [2.24, 2.45) is 7.05 Å². The van der Waals surface area contributed by atoms with Gasteiger partial charge in [0, 0.05) is 32.0 Å². The number of aliphatic hydroxyl groups is 1. The van der Waals surface area contributed by atoms with E-state index in [-0.39, 0.29) is 25.8 Å². The van der Waals surface area contributed by atoms with Crippen LogP contribution in [0.15, 0.2) is 12.4 Å². The molecule has 0 aromatic carbocycles. The third kappa shape index (κ3) is 3.57. The largest absolute Gasteiger partial charge is 0.418 e. The fraction of sp³-hybridized carbons (Fsp3) is 0.667. The zero-order chi connectivity index (χ0) is 18.1. The molecule has 1 saturated heterocycles. The first-order valence-electron chi connectivity index (χ1n) is 7.53. The Balaban J connectivity index is 2.16. The van der Waals surface area contributed by atoms with Gasteiger partial charge >= 0.3 is 6.18 Å². The number of alkyl halides is 3. The van der Waals surface area contributed by atoms with E-state index in [4.69, 9.17) is 4.74 Å². The first-order chi connectivity index (χ1) is 11.1. The molecule has 0 radical (unpaired) electrons. The van der Waals surface area contributed by atoms with E-state index < -0.39 is 28.7 Å². The quantitative estimate of drug-likeness (QED) is 0.846. The van der Waals surface area contributed by atoms with Crippen molar-refractivity contribution in [1.29, 1.82) is 0 Å². The second-order valence-electron chi connectivity index (χ2n) is 6.29. The minimum atomic E-state index is -4.61. The van der Waals surface area contributed by atoms with Crippen LogP contribution in [0.4, 0.5) is 13.2 Å². The summed E-state index contributed by atoms with van der Waals surface area (Å²) in [5.41, 5.74) is -2.28. The third-order valence-corrected chi connectivity index (χ3v) is 4.52. The van der Waals surface area contributed by atoms with Gasteiger partial charge in [0.15, 0.2) is 0 Å². The number of nitrogens with zero attached hydrogens (tertiary/aromatic N) is 2. The average molecular weight is 349 g/mol. The molecule has 0 saturated carbocycles. The van der Waals surface area contributed by atoms with E-state index in [1.807, 2.05) is 11.8 Å². The van der Waals surface area contributed by atoms with Crippen molar-refractivity contribution in [2.75, 3.05) is 33.4 Å². The fourth-order valence-electron chi connectivity index (χ4n) is 2.82. The van der Waals surface area contributed by atoms with Gasteiger partial charge in [-0.05, 0) is 14.0 Å². The summed E-state index contributed by atoms with van der Waals surface area (Å²) in [7, 11) is 3.21. The number of rotatable bonds is 4. The number of ether oxygens (including phenoxy) is 1. The van der Waals surface area contributed by atoms with E-state index in [1.165, 1.54) is 11.6 Å². The summed E-state index contributed by atoms with van der Waals surface area (Å²) < 4.78 is 45.7. The summed E-state index contributed by atoms with van der Waals surface area (Å²) in [6.45, 7) is 2.28. The van der Waals surface area contributed by atoms with E-state index >= 15 is 0 Å². The van der Waals surface area contributed by atoms with Crippen LogP contribution < -0.4 is 5.32 Å². The Kier molecular flexibility index (Phi) is 5.26. The molecule has 0 unspecified atom stereocenters. The first kappa shape index (κ1) is 18.8. The highest BCUT2D eigenvalue weighted by Crippen LogP contribution is 2.32. The van der Waals surface area contributed by atoms with Crippen molar-refractivity contribution in [3.8, 4) is 0 Å². The van der Waals surface area contributed by atoms with Crippen LogP contribution in [0.1, 0.15) is 22.8 Å². The summed E-state index contributed by atoms with van der Waals surface area (Å²) in [6.07, 6.45) is -2.61. The maximum absolute atomic E-state index is 13.0. The number of aliphatic hydroxyl groups excluding tert-OH is 1. The van der Waals surface area contributed by atoms with Crippen LogP contribution in [-0.2, 0) is 18.0 Å². The molecular formula is C15H22F3N3O3. The number of aromatic nitrogens is 1. The SMILES string of the molecule is C[C@@H]1COC[C@@](CO)(CNC(=O)c2cn(C)cc2C(F)(F)F)N1C. The van der Waals surface area contributed by atoms with Crippen LogP contribution in [0.3, 0.4) is 0 Å². The van der Waals surface area contributed by atoms with Crippen LogP contribution in [0, 0.1) is 0 Å². The molecule has 1 fully saturated rings. The number of morpholine rings is 1. The van der Waals surface area contributed by atoms with E-state index in [9.17, 15) is 23.1 Å². The van der Waals surface area contributed by atoms with Gasteiger partial charge in [-0.25, -0.2) is 0 Å². The molecule has 24 heavy (non-hydrogen) atoms. The molecule has 2 N–H and O–H groups in total. The molecule has 2 rings (SSSR count). The molecule has 6 nitrogen and oxygen atoms in total. The van der Waals surface area contributed by atoms with Gasteiger partial charge in [0.25, 0.3) is 5.91 Å². The van der Waals surface area contributed by atoms with Crippen LogP contribution in [-0.4, -0.2) is 65.5 Å². The van der Waals surface area contributed by atoms with Crippen molar-refractivity contribution in [3.05, 3.63) is 23.5 Å². The second-order valence-corrected chi connectivity index (χ2v) is 6.29. The third-order valence-electron chi connectivity index (χ3n) is 4.52. The summed E-state index contributed by atoms with van der Waals surface area (Å²) in [5.74, 6) is -0.831. The average Bonchev–Trinajstić information content (AvgIpc) is 2.91. The van der Waals surface area contributed by atoms with Crippen molar-refractivity contribution < 1.29 is 27.8 Å². The van der Waals surface area contributed by atoms with E-state index in [0.717, 1.165) is 12.4 Å². The smallest absolute Gasteiger partial charge is 0.394 e. The summed E-state index contributed by atoms with van der Waals surface area (Å²) >= 11 is 0. The Bertz CT molecular complexity index is 603. The van der Waals surface area contributed by atoms with Crippen molar-refractivity contribution in [1.82, 2.24) is 14.8 Å². The predicted octanol–water partition coefficient (Wildman–Crippen LogP) is 0.855. The maximum Gasteiger partial charge on any atom is 0.418 e. The van der Waals surface area contributed by atoms with Crippen LogP contribution in [0.2, 0.25) is 0 Å². The van der Waals surface area contributed by atoms with Gasteiger partial charge < -0.3 is 19.7 Å². The highest BCUT2D eigenvalue weighted by atomic mass is 19.4. The van der Waals surface area contributed by atoms with E-state index in [2.05, 4.69) is 5.32 Å². The number of hydrogen-bond acceptors (Lipinski definition) is 4. The molecule has 2 heterocycles. The lowest BCUT2D eigenvalue weighted by Gasteiger charge is -2.47. The summed E-state index contributed by atoms with van der Waals surface area (Å²) in [4.78, 5) is 14.1. The molecule has 2 atom stereocenters. The number of carbonyl (C=O) groups is 1. The van der Waals surface area contributed by atoms with Crippen molar-refractivity contribution in [2.45, 2.75) is 24.7 Å². The number of carbonyl (C=O) groups excluding carboxylic acids is 1. The van der Waals surface area contributed by atoms with Crippen molar-refractivity contribution in [3.63, 3.8) is 0 Å². The molecule has 136 valence electrons. The van der Waals surface area contributed by atoms with E-state index in [0.29, 0.717) is 6.61 Å². The topological polar surface area (TPSA) is 66.7 Å². The normalized spacial score (nSPS) is 25.7. The summed E-state index contributed by atoms with van der Waals surface area (Å²) in [6, 6.07) is 0.0188. The Labute approximate surface area is 138 Å². The number of halogens is 3. The number of hydrogen-bond donors (Lipinski definition) is 2. The van der Waals surface area contributed by atoms with Gasteiger partial charge in [0.05, 0.1) is 36.5 Å². The van der Waals surface area contributed by atoms with Crippen LogP contribution >= 0.6 is 0 Å². The standard InChI is InChI=1S/C15H22F3N3O3/c1-10-6-24-9-14(8-22,21(10)3)7-19-13(23)11-4-20(2)5-12(11)15(16,17)18/h4-5,10,22H,6-9H2,1-3H3,(H,19,23)/t10-,14+/m1/s1. The number of likely N-dealkylation sites (N-methyl/N-ethyl adjacent to an activating group) is 1. The molecule has 1 aliphatic heterocycles. The molecule has 9 heteroatoms. The summed E-state index contributed by atoms with van der Waals surface area (Å²) in [5, 5.41) is 12.2. The number of amides is 1. The fourth-order valence-corrected chi connectivity index (χ4v) is 2.82. The highest BCUT2D eigenvalue weighted by molar-refractivity contribution is 5.95. The lowest BCUT2D eigenvalue weighted by molar-refractivity contribution is -0.137. The maximum atomic E-state index is 13.0. The molecule has 1 amide bonds. The Morgan fingerprint density at radius 3 is 2.71 bits per heavy atom. The van der Waals surface area contributed by atoms with Crippen molar-refractivity contribution >= 4 is 5.91 Å². The molecule has 1 aromatic rings. The van der Waals surface area contributed by atoms with Gasteiger partial charge in [0.1, 0.15) is 0 Å². The van der Waals surface area contributed by atoms with Gasteiger partial charge in [0.2, 0.25) is 0 Å². The Morgan fingerprint density at radius 1 is 1.46 bits per heavy atom. The molecule has 0 aliphatic carbocycles. The molecule has 0 bridgehead atoms. The molecule has 0 spiro atoms. The lowest BCUT2D eigenvalue weighted by Crippen LogP contribution is -2.65. The number of nitrogens with one attached hydrogen (secondary N) is 1. The van der Waals surface area contributed by atoms with Gasteiger partial charge in [-0.1, -0.05) is 0 Å². The van der Waals surface area contributed by atoms with E-state index in [1.54, 1.807) is 7.05 Å². The second kappa shape index (κ2) is 6.73. The van der Waals surface area contributed by atoms with Gasteiger partial charge in [-0.15, -0.1) is 0 Å². The van der Waals surface area contributed by atoms with Gasteiger partial charge in [-0.2, -0.15) is 13.2 Å². The predicted molar refractivity (Wildman–Crippen MR) is 80.6 cm³/mol. The minimum Gasteiger partial charge on any atom is -0.394 e. The lowest BCUT2D eigenvalue weighted by atomic mass is 9.96. The molecule has 1 aromatic heterocycles. The zero-order valence-electron chi connectivity index (χ0n) is 13.9. The van der Waals surface area contributed by atoms with Crippen LogP contribution in [0.5, 0.6) is 0 Å². The molecular weight excluding hydrogens is 327 g/mol. The highest BCUT2D eigenvalue weighted by Gasteiger charge is 2.41.